The van der Waals surface area contributed by atoms with Crippen molar-refractivity contribution in [3.63, 3.8) is 0 Å². The van der Waals surface area contributed by atoms with Crippen molar-refractivity contribution < 1.29 is 4.74 Å². The van der Waals surface area contributed by atoms with E-state index in [0.29, 0.717) is 6.54 Å². The smallest absolute Gasteiger partial charge is 0.131 e. The van der Waals surface area contributed by atoms with E-state index in [4.69, 9.17) is 16.2 Å². The Balaban J connectivity index is 1.26. The fourth-order valence-electron chi connectivity index (χ4n) is 9.11. The Morgan fingerprint density at radius 3 is 2.26 bits per heavy atom. The molecule has 4 N–H and O–H groups in total. The summed E-state index contributed by atoms with van der Waals surface area (Å²) in [7, 11) is 0. The topological polar surface area (TPSA) is 61.3 Å². The van der Waals surface area contributed by atoms with Crippen molar-refractivity contribution in [3.8, 4) is 11.5 Å². The number of benzene rings is 5. The van der Waals surface area contributed by atoms with E-state index in [1.807, 2.05) is 30.4 Å². The van der Waals surface area contributed by atoms with Crippen LogP contribution in [0.25, 0.3) is 17.2 Å². The van der Waals surface area contributed by atoms with Crippen molar-refractivity contribution in [2.24, 2.45) is 11.5 Å². The van der Waals surface area contributed by atoms with E-state index in [9.17, 15) is 0 Å². The molecule has 0 fully saturated rings. The highest BCUT2D eigenvalue weighted by Gasteiger charge is 2.48. The number of hydrogen-bond donors (Lipinski definition) is 2. The molecule has 3 aliphatic rings. The first kappa shape index (κ1) is 41.9. The Hall–Kier alpha value is -6.78. The summed E-state index contributed by atoms with van der Waals surface area (Å²) in [6, 6.07) is 41.3. The molecule has 1 atom stereocenters. The number of allylic oxidation sites excluding steroid dienone is 17. The Labute approximate surface area is 368 Å². The number of para-hydroxylation sites is 2. The van der Waals surface area contributed by atoms with Crippen LogP contribution in [0.5, 0.6) is 11.5 Å². The van der Waals surface area contributed by atoms with Crippen molar-refractivity contribution in [1.29, 1.82) is 0 Å². The van der Waals surface area contributed by atoms with Crippen LogP contribution in [0, 0.1) is 0 Å². The lowest BCUT2D eigenvalue weighted by Crippen LogP contribution is -2.48. The summed E-state index contributed by atoms with van der Waals surface area (Å²) in [4.78, 5) is 0. The minimum Gasteiger partial charge on any atom is -0.457 e. The molecule has 1 aliphatic heterocycles. The van der Waals surface area contributed by atoms with Gasteiger partial charge in [0.15, 0.2) is 0 Å². The third-order valence-electron chi connectivity index (χ3n) is 12.1. The van der Waals surface area contributed by atoms with Gasteiger partial charge in [0.1, 0.15) is 11.5 Å². The Kier molecular flexibility index (Phi) is 13.7. The lowest BCUT2D eigenvalue weighted by atomic mass is 9.61. The molecule has 5 aromatic carbocycles. The highest BCUT2D eigenvalue weighted by Crippen LogP contribution is 2.54. The quantitative estimate of drug-likeness (QED) is 0.146. The molecule has 0 aromatic heterocycles. The van der Waals surface area contributed by atoms with E-state index in [2.05, 4.69) is 195 Å². The molecule has 0 saturated carbocycles. The Morgan fingerprint density at radius 2 is 1.45 bits per heavy atom. The molecule has 5 aromatic rings. The molecule has 1 heterocycles. The minimum absolute atomic E-state index is 0.409. The van der Waals surface area contributed by atoms with E-state index >= 15 is 0 Å². The van der Waals surface area contributed by atoms with E-state index in [1.54, 1.807) is 0 Å². The van der Waals surface area contributed by atoms with Gasteiger partial charge < -0.3 is 16.2 Å². The molecule has 0 amide bonds. The molecule has 0 radical (unpaired) electrons. The van der Waals surface area contributed by atoms with Crippen molar-refractivity contribution in [3.05, 3.63) is 268 Å². The molecule has 3 heteroatoms. The number of ether oxygens (including phenoxy) is 1. The van der Waals surface area contributed by atoms with Crippen LogP contribution in [-0.4, -0.2) is 12.6 Å². The monoisotopic (exact) mass is 808 g/mol. The van der Waals surface area contributed by atoms with E-state index in [1.165, 1.54) is 39.0 Å². The number of rotatable bonds is 9. The zero-order chi connectivity index (χ0) is 42.6. The zero-order valence-corrected chi connectivity index (χ0v) is 35.7. The molecule has 0 saturated heterocycles. The maximum atomic E-state index is 7.61. The first-order chi connectivity index (χ1) is 30.6. The van der Waals surface area contributed by atoms with Crippen LogP contribution < -0.4 is 16.2 Å². The second-order valence-electron chi connectivity index (χ2n) is 16.0. The van der Waals surface area contributed by atoms with Crippen LogP contribution in [0.2, 0.25) is 0 Å². The van der Waals surface area contributed by atoms with Gasteiger partial charge in [-0.25, -0.2) is 0 Å². The SMILES string of the molecule is C\C=C/C=C(\C=C\c1ccc2c(c1)C1(c3ccccc3Oc3ccccc31)C(N)/C=C\C=C/CCc1ccccc1C2)c1cccc(C2=C(\C=C/C=C\C=C\CN)C=CCC2)c1. The van der Waals surface area contributed by atoms with E-state index < -0.39 is 11.5 Å². The average molecular weight is 809 g/mol. The molecular weight excluding hydrogens is 753 g/mol. The number of nitrogens with two attached hydrogens (primary N) is 2. The lowest BCUT2D eigenvalue weighted by Gasteiger charge is -2.45. The van der Waals surface area contributed by atoms with Gasteiger partial charge in [0.2, 0.25) is 0 Å². The predicted octanol–water partition coefficient (Wildman–Crippen LogP) is 13.5. The zero-order valence-electron chi connectivity index (χ0n) is 35.7. The van der Waals surface area contributed by atoms with Crippen LogP contribution in [-0.2, 0) is 18.3 Å². The minimum atomic E-state index is -0.749. The van der Waals surface area contributed by atoms with Gasteiger partial charge in [0.25, 0.3) is 0 Å². The fourth-order valence-corrected chi connectivity index (χ4v) is 9.11. The first-order valence-electron chi connectivity index (χ1n) is 22.0. The molecule has 1 spiro atoms. The number of aryl methyl sites for hydroxylation is 1. The highest BCUT2D eigenvalue weighted by atomic mass is 16.5. The molecule has 8 rings (SSSR count). The molecule has 1 unspecified atom stereocenters. The van der Waals surface area contributed by atoms with Gasteiger partial charge >= 0.3 is 0 Å². The summed E-state index contributed by atoms with van der Waals surface area (Å²) in [6.45, 7) is 2.60. The van der Waals surface area contributed by atoms with Gasteiger partial charge in [0, 0.05) is 23.7 Å². The molecule has 308 valence electrons. The van der Waals surface area contributed by atoms with E-state index in [0.717, 1.165) is 71.4 Å². The normalized spacial score (nSPS) is 18.6. The van der Waals surface area contributed by atoms with Gasteiger partial charge in [-0.1, -0.05) is 200 Å². The molecule has 2 aliphatic carbocycles. The van der Waals surface area contributed by atoms with Gasteiger partial charge in [0.05, 0.1) is 5.41 Å². The summed E-state index contributed by atoms with van der Waals surface area (Å²) in [5.41, 5.74) is 27.0. The average Bonchev–Trinajstić information content (AvgIpc) is 3.32. The van der Waals surface area contributed by atoms with Crippen molar-refractivity contribution in [1.82, 2.24) is 0 Å². The van der Waals surface area contributed by atoms with Crippen LogP contribution in [0.1, 0.15) is 76.3 Å². The summed E-state index contributed by atoms with van der Waals surface area (Å²) in [5.74, 6) is 1.66. The standard InChI is InChI=1S/C59H56N2O/c1-2-3-22-46(49-28-21-29-50(42-49)52-30-15-14-26-47(52)25-10-5-4-8-20-40-60)38-36-44-37-39-51-43-48-27-13-12-24-45(48)23-9-6-7-11-35-58(61)59(55(51)41-44)53-31-16-18-33-56(53)62-57-34-19-17-32-54(57)59/h2-8,10-14,16-22,24-29,31-39,41-42,58H,9,15,23,30,40,43,60-61H2,1H3/b3-2-,5-4-,7-6-,20-8+,25-10-,35-11-,38-36+,46-22+. The fraction of sp³-hybridized carbons (Fsp3) is 0.153. The second kappa shape index (κ2) is 20.2. The summed E-state index contributed by atoms with van der Waals surface area (Å²) < 4.78 is 6.67. The highest BCUT2D eigenvalue weighted by molar-refractivity contribution is 5.83. The Morgan fingerprint density at radius 1 is 0.694 bits per heavy atom. The third-order valence-corrected chi connectivity index (χ3v) is 12.1. The van der Waals surface area contributed by atoms with Crippen LogP contribution in [0.4, 0.5) is 0 Å². The molecule has 0 bridgehead atoms. The van der Waals surface area contributed by atoms with Gasteiger partial charge in [-0.3, -0.25) is 0 Å². The van der Waals surface area contributed by atoms with Gasteiger partial charge in [-0.05, 0) is 113 Å². The number of hydrogen-bond acceptors (Lipinski definition) is 3. The Bertz CT molecular complexity index is 2660. The molecular formula is C59H56N2O. The van der Waals surface area contributed by atoms with Crippen molar-refractivity contribution in [2.45, 2.75) is 50.5 Å². The van der Waals surface area contributed by atoms with Crippen LogP contribution >= 0.6 is 0 Å². The summed E-state index contributed by atoms with van der Waals surface area (Å²) in [6.07, 6.45) is 41.2. The predicted molar refractivity (Wildman–Crippen MR) is 263 cm³/mol. The van der Waals surface area contributed by atoms with Gasteiger partial charge in [-0.2, -0.15) is 0 Å². The van der Waals surface area contributed by atoms with E-state index in [-0.39, 0.29) is 0 Å². The summed E-state index contributed by atoms with van der Waals surface area (Å²) in [5, 5.41) is 0. The maximum absolute atomic E-state index is 7.61. The number of fused-ring (bicyclic) bond motifs is 7. The van der Waals surface area contributed by atoms with Crippen molar-refractivity contribution >= 4 is 17.2 Å². The van der Waals surface area contributed by atoms with Crippen LogP contribution in [0.15, 0.2) is 218 Å². The van der Waals surface area contributed by atoms with Gasteiger partial charge in [-0.15, -0.1) is 0 Å². The van der Waals surface area contributed by atoms with Crippen LogP contribution in [0.3, 0.4) is 0 Å². The molecule has 62 heavy (non-hydrogen) atoms. The first-order valence-corrected chi connectivity index (χ1v) is 22.0. The maximum Gasteiger partial charge on any atom is 0.131 e. The third kappa shape index (κ3) is 9.11. The largest absolute Gasteiger partial charge is 0.457 e. The lowest BCUT2D eigenvalue weighted by molar-refractivity contribution is 0.401. The molecule has 3 nitrogen and oxygen atoms in total. The summed E-state index contributed by atoms with van der Waals surface area (Å²) >= 11 is 0. The van der Waals surface area contributed by atoms with Crippen molar-refractivity contribution in [2.75, 3.05) is 6.54 Å². The second-order valence-corrected chi connectivity index (χ2v) is 16.0.